The summed E-state index contributed by atoms with van der Waals surface area (Å²) in [6.07, 6.45) is 0.732. The van der Waals surface area contributed by atoms with Crippen LogP contribution in [0.4, 0.5) is 0 Å². The average molecular weight is 328 g/mol. The van der Waals surface area contributed by atoms with Crippen LogP contribution in [0.25, 0.3) is 21.5 Å². The summed E-state index contributed by atoms with van der Waals surface area (Å²) in [5.74, 6) is 0.251. The molecule has 120 valence electrons. The van der Waals surface area contributed by atoms with Gasteiger partial charge in [0, 0.05) is 0 Å². The SMILES string of the molecule is CCC(C)c1c(CP(=O)(O)O)ccc2c1ccc1ccccc12. The van der Waals surface area contributed by atoms with Crippen LogP contribution in [-0.4, -0.2) is 9.79 Å². The smallest absolute Gasteiger partial charge is 0.324 e. The Morgan fingerprint density at radius 2 is 1.65 bits per heavy atom. The number of fused-ring (bicyclic) bond motifs is 3. The van der Waals surface area contributed by atoms with Crippen molar-refractivity contribution in [1.82, 2.24) is 0 Å². The molecule has 0 saturated heterocycles. The van der Waals surface area contributed by atoms with Crippen molar-refractivity contribution in [2.45, 2.75) is 32.3 Å². The van der Waals surface area contributed by atoms with Crippen LogP contribution in [0.5, 0.6) is 0 Å². The molecule has 0 amide bonds. The van der Waals surface area contributed by atoms with Crippen LogP contribution < -0.4 is 0 Å². The van der Waals surface area contributed by atoms with E-state index < -0.39 is 7.60 Å². The molecule has 3 nitrogen and oxygen atoms in total. The van der Waals surface area contributed by atoms with Crippen molar-refractivity contribution < 1.29 is 14.4 Å². The van der Waals surface area contributed by atoms with Crippen LogP contribution >= 0.6 is 7.60 Å². The van der Waals surface area contributed by atoms with Gasteiger partial charge in [-0.05, 0) is 45.0 Å². The van der Waals surface area contributed by atoms with E-state index in [1.54, 1.807) is 0 Å². The van der Waals surface area contributed by atoms with E-state index in [0.717, 1.165) is 28.3 Å². The van der Waals surface area contributed by atoms with Gasteiger partial charge in [0.25, 0.3) is 0 Å². The molecule has 0 saturated carbocycles. The second-order valence-corrected chi connectivity index (χ2v) is 7.80. The second-order valence-electron chi connectivity index (χ2n) is 6.15. The van der Waals surface area contributed by atoms with Crippen LogP contribution in [0, 0.1) is 0 Å². The standard InChI is InChI=1S/C19H21O3P/c1-3-13(2)19-15(12-23(20,21)22)9-10-17-16-7-5-4-6-14(16)8-11-18(17)19/h4-11,13H,3,12H2,1-2H3,(H2,20,21,22). The van der Waals surface area contributed by atoms with Crippen LogP contribution in [0.2, 0.25) is 0 Å². The highest BCUT2D eigenvalue weighted by molar-refractivity contribution is 7.50. The minimum absolute atomic E-state index is 0.199. The van der Waals surface area contributed by atoms with Gasteiger partial charge in [0.1, 0.15) is 0 Å². The molecule has 0 radical (unpaired) electrons. The van der Waals surface area contributed by atoms with Gasteiger partial charge in [-0.1, -0.05) is 62.4 Å². The van der Waals surface area contributed by atoms with E-state index in [1.165, 1.54) is 10.8 Å². The fourth-order valence-corrected chi connectivity index (χ4v) is 4.02. The van der Waals surface area contributed by atoms with Gasteiger partial charge in [-0.2, -0.15) is 0 Å². The highest BCUT2D eigenvalue weighted by atomic mass is 31.2. The highest BCUT2D eigenvalue weighted by Gasteiger charge is 2.21. The van der Waals surface area contributed by atoms with Crippen molar-refractivity contribution in [3.8, 4) is 0 Å². The minimum atomic E-state index is -4.09. The van der Waals surface area contributed by atoms with E-state index >= 15 is 0 Å². The Hall–Kier alpha value is -1.67. The number of rotatable bonds is 4. The Bertz CT molecular complexity index is 911. The van der Waals surface area contributed by atoms with Crippen molar-refractivity contribution in [2.24, 2.45) is 0 Å². The van der Waals surface area contributed by atoms with Gasteiger partial charge >= 0.3 is 7.60 Å². The molecule has 3 rings (SSSR count). The van der Waals surface area contributed by atoms with Gasteiger partial charge in [-0.3, -0.25) is 4.57 Å². The number of benzene rings is 3. The van der Waals surface area contributed by atoms with E-state index in [1.807, 2.05) is 24.3 Å². The zero-order valence-electron chi connectivity index (χ0n) is 13.4. The van der Waals surface area contributed by atoms with E-state index in [2.05, 4.69) is 38.1 Å². The molecule has 0 aliphatic heterocycles. The molecule has 3 aromatic rings. The predicted molar refractivity (Wildman–Crippen MR) is 95.9 cm³/mol. The van der Waals surface area contributed by atoms with Gasteiger partial charge < -0.3 is 9.79 Å². The van der Waals surface area contributed by atoms with Crippen molar-refractivity contribution in [2.75, 3.05) is 0 Å². The Morgan fingerprint density at radius 1 is 0.957 bits per heavy atom. The maximum Gasteiger partial charge on any atom is 0.329 e. The minimum Gasteiger partial charge on any atom is -0.324 e. The molecule has 0 aliphatic carbocycles. The van der Waals surface area contributed by atoms with Gasteiger partial charge in [-0.25, -0.2) is 0 Å². The molecule has 1 unspecified atom stereocenters. The summed E-state index contributed by atoms with van der Waals surface area (Å²) >= 11 is 0. The lowest BCUT2D eigenvalue weighted by Gasteiger charge is -2.19. The van der Waals surface area contributed by atoms with E-state index in [-0.39, 0.29) is 12.1 Å². The summed E-state index contributed by atoms with van der Waals surface area (Å²) in [6, 6.07) is 16.3. The van der Waals surface area contributed by atoms with Gasteiger partial charge in [0.05, 0.1) is 6.16 Å². The maximum atomic E-state index is 11.5. The Morgan fingerprint density at radius 3 is 2.35 bits per heavy atom. The van der Waals surface area contributed by atoms with Crippen LogP contribution in [-0.2, 0) is 10.7 Å². The van der Waals surface area contributed by atoms with Crippen molar-refractivity contribution in [1.29, 1.82) is 0 Å². The lowest BCUT2D eigenvalue weighted by molar-refractivity contribution is 0.371. The quantitative estimate of drug-likeness (QED) is 0.512. The molecule has 23 heavy (non-hydrogen) atoms. The fraction of sp³-hybridized carbons (Fsp3) is 0.263. The maximum absolute atomic E-state index is 11.5. The number of hydrogen-bond donors (Lipinski definition) is 2. The zero-order chi connectivity index (χ0) is 16.6. The monoisotopic (exact) mass is 328 g/mol. The summed E-state index contributed by atoms with van der Waals surface area (Å²) < 4.78 is 11.5. The Labute approximate surface area is 136 Å². The summed E-state index contributed by atoms with van der Waals surface area (Å²) in [5, 5.41) is 4.60. The first-order chi connectivity index (χ1) is 10.9. The topological polar surface area (TPSA) is 57.5 Å². The summed E-state index contributed by atoms with van der Waals surface area (Å²) in [7, 11) is -4.09. The molecule has 0 heterocycles. The third-order valence-electron chi connectivity index (χ3n) is 4.54. The largest absolute Gasteiger partial charge is 0.329 e. The molecular formula is C19H21O3P. The van der Waals surface area contributed by atoms with E-state index in [4.69, 9.17) is 0 Å². The molecule has 0 aliphatic rings. The molecule has 0 aromatic heterocycles. The summed E-state index contributed by atoms with van der Waals surface area (Å²) in [5.41, 5.74) is 1.83. The van der Waals surface area contributed by atoms with Crippen molar-refractivity contribution in [3.63, 3.8) is 0 Å². The normalized spacial score (nSPS) is 13.6. The first-order valence-corrected chi connectivity index (χ1v) is 9.68. The van der Waals surface area contributed by atoms with Crippen molar-refractivity contribution in [3.05, 3.63) is 59.7 Å². The fourth-order valence-electron chi connectivity index (χ4n) is 3.30. The van der Waals surface area contributed by atoms with Gasteiger partial charge in [-0.15, -0.1) is 0 Å². The third-order valence-corrected chi connectivity index (χ3v) is 5.29. The second kappa shape index (κ2) is 6.09. The molecule has 2 N–H and O–H groups in total. The third kappa shape index (κ3) is 3.18. The first kappa shape index (κ1) is 16.2. The Kier molecular flexibility index (Phi) is 4.29. The predicted octanol–water partition coefficient (Wildman–Crippen LogP) is 5.18. The summed E-state index contributed by atoms with van der Waals surface area (Å²) in [6.45, 7) is 4.22. The lowest BCUT2D eigenvalue weighted by atomic mass is 9.87. The highest BCUT2D eigenvalue weighted by Crippen LogP contribution is 2.43. The van der Waals surface area contributed by atoms with Crippen LogP contribution in [0.3, 0.4) is 0 Å². The molecule has 0 spiro atoms. The van der Waals surface area contributed by atoms with E-state index in [9.17, 15) is 14.4 Å². The average Bonchev–Trinajstić information content (AvgIpc) is 2.52. The van der Waals surface area contributed by atoms with E-state index in [0.29, 0.717) is 0 Å². The number of hydrogen-bond acceptors (Lipinski definition) is 1. The van der Waals surface area contributed by atoms with Gasteiger partial charge in [0.15, 0.2) is 0 Å². The Balaban J connectivity index is 2.34. The molecular weight excluding hydrogens is 307 g/mol. The van der Waals surface area contributed by atoms with Crippen LogP contribution in [0.15, 0.2) is 48.5 Å². The first-order valence-electron chi connectivity index (χ1n) is 7.88. The molecule has 4 heteroatoms. The van der Waals surface area contributed by atoms with Gasteiger partial charge in [0.2, 0.25) is 0 Å². The molecule has 1 atom stereocenters. The molecule has 3 aromatic carbocycles. The molecule has 0 bridgehead atoms. The van der Waals surface area contributed by atoms with Crippen molar-refractivity contribution >= 4 is 29.1 Å². The van der Waals surface area contributed by atoms with Crippen LogP contribution in [0.1, 0.15) is 37.3 Å². The zero-order valence-corrected chi connectivity index (χ0v) is 14.3. The molecule has 0 fully saturated rings. The summed E-state index contributed by atoms with van der Waals surface area (Å²) in [4.78, 5) is 18.8. The lowest BCUT2D eigenvalue weighted by Crippen LogP contribution is -2.01.